The zero-order valence-electron chi connectivity index (χ0n) is 9.73. The summed E-state index contributed by atoms with van der Waals surface area (Å²) in [4.78, 5) is 13.7. The van der Waals surface area contributed by atoms with Crippen molar-refractivity contribution in [2.24, 2.45) is 11.7 Å². The predicted octanol–water partition coefficient (Wildman–Crippen LogP) is 1.92. The maximum atomic E-state index is 13.2. The van der Waals surface area contributed by atoms with Crippen molar-refractivity contribution in [3.05, 3.63) is 30.1 Å². The van der Waals surface area contributed by atoms with Gasteiger partial charge in [0, 0.05) is 18.2 Å². The molecule has 1 aromatic rings. The van der Waals surface area contributed by atoms with Gasteiger partial charge in [-0.3, -0.25) is 4.79 Å². The van der Waals surface area contributed by atoms with Gasteiger partial charge in [0.2, 0.25) is 5.91 Å². The minimum atomic E-state index is -0.316. The molecule has 17 heavy (non-hydrogen) atoms. The summed E-state index contributed by atoms with van der Waals surface area (Å²) in [5, 5.41) is 0. The lowest BCUT2D eigenvalue weighted by atomic mass is 10.2. The zero-order valence-corrected chi connectivity index (χ0v) is 9.73. The van der Waals surface area contributed by atoms with Gasteiger partial charge in [-0.15, -0.1) is 0 Å². The van der Waals surface area contributed by atoms with Crippen molar-refractivity contribution < 1.29 is 9.18 Å². The molecule has 1 aromatic carbocycles. The third-order valence-electron chi connectivity index (χ3n) is 2.90. The minimum Gasteiger partial charge on any atom is -0.330 e. The second-order valence-corrected chi connectivity index (χ2v) is 4.39. The van der Waals surface area contributed by atoms with Gasteiger partial charge < -0.3 is 10.6 Å². The number of amides is 1. The molecule has 0 heterocycles. The minimum absolute atomic E-state index is 0.101. The number of rotatable bonds is 5. The molecule has 2 N–H and O–H groups in total. The van der Waals surface area contributed by atoms with Crippen LogP contribution < -0.4 is 10.6 Å². The monoisotopic (exact) mass is 236 g/mol. The average molecular weight is 236 g/mol. The molecule has 1 aliphatic rings. The van der Waals surface area contributed by atoms with Crippen molar-refractivity contribution in [1.29, 1.82) is 0 Å². The Bertz CT molecular complexity index is 404. The molecule has 1 aliphatic carbocycles. The van der Waals surface area contributed by atoms with E-state index in [0.717, 1.165) is 19.3 Å². The summed E-state index contributed by atoms with van der Waals surface area (Å²) >= 11 is 0. The van der Waals surface area contributed by atoms with Gasteiger partial charge >= 0.3 is 0 Å². The van der Waals surface area contributed by atoms with E-state index in [9.17, 15) is 9.18 Å². The Balaban J connectivity index is 2.16. The zero-order chi connectivity index (χ0) is 12.3. The van der Waals surface area contributed by atoms with E-state index < -0.39 is 0 Å². The smallest absolute Gasteiger partial charge is 0.230 e. The fraction of sp³-hybridized carbons (Fsp3) is 0.462. The van der Waals surface area contributed by atoms with Crippen molar-refractivity contribution in [1.82, 2.24) is 0 Å². The first-order chi connectivity index (χ1) is 8.22. The molecule has 2 rings (SSSR count). The number of nitrogens with two attached hydrogens (primary N) is 1. The van der Waals surface area contributed by atoms with Crippen molar-refractivity contribution in [2.75, 3.05) is 18.0 Å². The normalized spacial score (nSPS) is 14.7. The number of nitrogens with zero attached hydrogens (tertiary/aromatic N) is 1. The molecule has 0 aromatic heterocycles. The second kappa shape index (κ2) is 5.27. The van der Waals surface area contributed by atoms with Gasteiger partial charge in [0.25, 0.3) is 0 Å². The van der Waals surface area contributed by atoms with Crippen LogP contribution in [0.4, 0.5) is 10.1 Å². The summed E-state index contributed by atoms with van der Waals surface area (Å²) in [6.07, 6.45) is 2.63. The van der Waals surface area contributed by atoms with Gasteiger partial charge in [-0.2, -0.15) is 0 Å². The lowest BCUT2D eigenvalue weighted by Gasteiger charge is -2.22. The summed E-state index contributed by atoms with van der Waals surface area (Å²) in [6, 6.07) is 6.17. The molecule has 1 fully saturated rings. The quantitative estimate of drug-likeness (QED) is 0.849. The first-order valence-corrected chi connectivity index (χ1v) is 5.99. The molecule has 0 unspecified atom stereocenters. The fourth-order valence-corrected chi connectivity index (χ4v) is 1.81. The maximum Gasteiger partial charge on any atom is 0.230 e. The van der Waals surface area contributed by atoms with E-state index >= 15 is 0 Å². The Morgan fingerprint density at radius 3 is 2.82 bits per heavy atom. The van der Waals surface area contributed by atoms with Gasteiger partial charge in [-0.25, -0.2) is 4.39 Å². The molecule has 92 valence electrons. The number of benzene rings is 1. The molecule has 0 bridgehead atoms. The first kappa shape index (κ1) is 12.0. The lowest BCUT2D eigenvalue weighted by molar-refractivity contribution is -0.119. The highest BCUT2D eigenvalue weighted by Gasteiger charge is 2.33. The highest BCUT2D eigenvalue weighted by molar-refractivity contribution is 5.96. The Kier molecular flexibility index (Phi) is 3.74. The third-order valence-corrected chi connectivity index (χ3v) is 2.90. The van der Waals surface area contributed by atoms with E-state index in [1.165, 1.54) is 12.1 Å². The van der Waals surface area contributed by atoms with Crippen molar-refractivity contribution >= 4 is 11.6 Å². The van der Waals surface area contributed by atoms with Crippen LogP contribution in [0.2, 0.25) is 0 Å². The van der Waals surface area contributed by atoms with Crippen LogP contribution in [0, 0.1) is 11.7 Å². The number of hydrogen-bond donors (Lipinski definition) is 1. The predicted molar refractivity (Wildman–Crippen MR) is 65.1 cm³/mol. The molecule has 1 amide bonds. The van der Waals surface area contributed by atoms with E-state index in [1.807, 2.05) is 0 Å². The van der Waals surface area contributed by atoms with Gasteiger partial charge in [0.15, 0.2) is 0 Å². The summed E-state index contributed by atoms with van der Waals surface area (Å²) in [6.45, 7) is 1.10. The highest BCUT2D eigenvalue weighted by Crippen LogP contribution is 2.32. The fourth-order valence-electron chi connectivity index (χ4n) is 1.81. The van der Waals surface area contributed by atoms with Crippen LogP contribution >= 0.6 is 0 Å². The molecule has 0 aliphatic heterocycles. The van der Waals surface area contributed by atoms with Gasteiger partial charge in [-0.1, -0.05) is 6.07 Å². The molecular weight excluding hydrogens is 219 g/mol. The van der Waals surface area contributed by atoms with Gasteiger partial charge in [0.1, 0.15) is 5.82 Å². The highest BCUT2D eigenvalue weighted by atomic mass is 19.1. The molecular formula is C13H17FN2O. The average Bonchev–Trinajstić information content (AvgIpc) is 3.13. The van der Waals surface area contributed by atoms with Crippen molar-refractivity contribution in [2.45, 2.75) is 19.3 Å². The van der Waals surface area contributed by atoms with Crippen LogP contribution in [0.1, 0.15) is 19.3 Å². The Morgan fingerprint density at radius 1 is 1.47 bits per heavy atom. The van der Waals surface area contributed by atoms with E-state index in [1.54, 1.807) is 17.0 Å². The van der Waals surface area contributed by atoms with E-state index in [4.69, 9.17) is 5.73 Å². The number of anilines is 1. The van der Waals surface area contributed by atoms with Crippen LogP contribution in [0.25, 0.3) is 0 Å². The topological polar surface area (TPSA) is 46.3 Å². The van der Waals surface area contributed by atoms with Crippen molar-refractivity contribution in [3.63, 3.8) is 0 Å². The van der Waals surface area contributed by atoms with E-state index in [0.29, 0.717) is 18.8 Å². The SMILES string of the molecule is NCCCN(C(=O)C1CC1)c1cccc(F)c1. The molecule has 3 nitrogen and oxygen atoms in total. The number of carbonyl (C=O) groups excluding carboxylic acids is 1. The molecule has 4 heteroatoms. The third kappa shape index (κ3) is 3.03. The Morgan fingerprint density at radius 2 is 2.24 bits per heavy atom. The van der Waals surface area contributed by atoms with Crippen LogP contribution in [0.5, 0.6) is 0 Å². The summed E-state index contributed by atoms with van der Waals surface area (Å²) in [5.74, 6) is -0.0797. The van der Waals surface area contributed by atoms with Crippen molar-refractivity contribution in [3.8, 4) is 0 Å². The van der Waals surface area contributed by atoms with Crippen LogP contribution in [-0.2, 0) is 4.79 Å². The molecule has 1 saturated carbocycles. The molecule has 0 atom stereocenters. The lowest BCUT2D eigenvalue weighted by Crippen LogP contribution is -2.34. The van der Waals surface area contributed by atoms with Crippen LogP contribution in [0.3, 0.4) is 0 Å². The molecule has 0 radical (unpaired) electrons. The first-order valence-electron chi connectivity index (χ1n) is 5.99. The maximum absolute atomic E-state index is 13.2. The van der Waals surface area contributed by atoms with E-state index in [-0.39, 0.29) is 17.6 Å². The molecule has 0 spiro atoms. The summed E-state index contributed by atoms with van der Waals surface area (Å²) < 4.78 is 13.2. The van der Waals surface area contributed by atoms with E-state index in [2.05, 4.69) is 0 Å². The van der Waals surface area contributed by atoms with Crippen LogP contribution in [0.15, 0.2) is 24.3 Å². The Hall–Kier alpha value is -1.42. The Labute approximate surface area is 100 Å². The summed E-state index contributed by atoms with van der Waals surface area (Å²) in [5.41, 5.74) is 6.10. The largest absolute Gasteiger partial charge is 0.330 e. The number of halogens is 1. The van der Waals surface area contributed by atoms with Gasteiger partial charge in [-0.05, 0) is 44.0 Å². The summed E-state index contributed by atoms with van der Waals surface area (Å²) in [7, 11) is 0. The van der Waals surface area contributed by atoms with Crippen LogP contribution in [-0.4, -0.2) is 19.0 Å². The number of hydrogen-bond acceptors (Lipinski definition) is 2. The standard InChI is InChI=1S/C13H17FN2O/c14-11-3-1-4-12(9-11)16(8-2-7-15)13(17)10-5-6-10/h1,3-4,9-10H,2,5-8,15H2. The second-order valence-electron chi connectivity index (χ2n) is 4.39. The number of carbonyl (C=O) groups is 1. The molecule has 0 saturated heterocycles. The van der Waals surface area contributed by atoms with Gasteiger partial charge in [0.05, 0.1) is 0 Å².